The van der Waals surface area contributed by atoms with Crippen LogP contribution >= 0.6 is 0 Å². The van der Waals surface area contributed by atoms with Gasteiger partial charge in [0.25, 0.3) is 5.56 Å². The van der Waals surface area contributed by atoms with E-state index >= 15 is 0 Å². The van der Waals surface area contributed by atoms with Crippen molar-refractivity contribution in [2.75, 3.05) is 36.4 Å². The summed E-state index contributed by atoms with van der Waals surface area (Å²) in [7, 11) is 0. The fourth-order valence-electron chi connectivity index (χ4n) is 5.65. The number of nitrogens with one attached hydrogen (secondary N) is 2. The molecule has 1 saturated heterocycles. The van der Waals surface area contributed by atoms with Crippen molar-refractivity contribution in [2.45, 2.75) is 20.3 Å². The van der Waals surface area contributed by atoms with Crippen LogP contribution in [-0.4, -0.2) is 61.3 Å². The Morgan fingerprint density at radius 1 is 0.976 bits per heavy atom. The van der Waals surface area contributed by atoms with Crippen molar-refractivity contribution in [3.63, 3.8) is 0 Å². The van der Waals surface area contributed by atoms with Gasteiger partial charge in [0.15, 0.2) is 5.65 Å². The van der Waals surface area contributed by atoms with Gasteiger partial charge in [0.05, 0.1) is 16.9 Å². The minimum atomic E-state index is -0.199. The van der Waals surface area contributed by atoms with E-state index in [0.29, 0.717) is 29.4 Å². The lowest BCUT2D eigenvalue weighted by atomic mass is 10.0. The summed E-state index contributed by atoms with van der Waals surface area (Å²) in [6.45, 7) is 7.84. The molecule has 2 aliphatic heterocycles. The maximum Gasteiger partial charge on any atom is 0.265 e. The van der Waals surface area contributed by atoms with Crippen LogP contribution in [0, 0.1) is 13.8 Å². The van der Waals surface area contributed by atoms with E-state index < -0.39 is 0 Å². The molecule has 0 bridgehead atoms. The van der Waals surface area contributed by atoms with Gasteiger partial charge >= 0.3 is 0 Å². The normalized spacial score (nSPS) is 14.9. The first-order valence-corrected chi connectivity index (χ1v) is 14.0. The molecular formula is C31H30N10O. The minimum absolute atomic E-state index is 0.199. The second kappa shape index (κ2) is 10.7. The van der Waals surface area contributed by atoms with Gasteiger partial charge in [-0.1, -0.05) is 6.08 Å². The third kappa shape index (κ3) is 4.63. The Balaban J connectivity index is 1.29. The van der Waals surface area contributed by atoms with Crippen molar-refractivity contribution < 1.29 is 0 Å². The monoisotopic (exact) mass is 558 g/mol. The van der Waals surface area contributed by atoms with Gasteiger partial charge in [0, 0.05) is 85.4 Å². The van der Waals surface area contributed by atoms with Crippen LogP contribution in [0.4, 0.5) is 17.3 Å². The van der Waals surface area contributed by atoms with Gasteiger partial charge in [0.1, 0.15) is 5.84 Å². The van der Waals surface area contributed by atoms with E-state index in [2.05, 4.69) is 42.6 Å². The summed E-state index contributed by atoms with van der Waals surface area (Å²) in [5.41, 5.74) is 6.15. The molecule has 42 heavy (non-hydrogen) atoms. The summed E-state index contributed by atoms with van der Waals surface area (Å²) in [5, 5.41) is 12.2. The summed E-state index contributed by atoms with van der Waals surface area (Å²) in [4.78, 5) is 34.6. The number of aliphatic imine (C=N–C) groups is 1. The molecule has 2 N–H and O–H groups in total. The van der Waals surface area contributed by atoms with Crippen molar-refractivity contribution in [3.05, 3.63) is 95.1 Å². The Labute approximate surface area is 242 Å². The number of hydrogen-bond donors (Lipinski definition) is 2. The maximum absolute atomic E-state index is 14.2. The number of aryl methyl sites for hydroxylation is 1. The molecule has 0 saturated carbocycles. The first-order valence-electron chi connectivity index (χ1n) is 14.0. The highest BCUT2D eigenvalue weighted by Crippen LogP contribution is 2.29. The zero-order chi connectivity index (χ0) is 28.6. The lowest BCUT2D eigenvalue weighted by Crippen LogP contribution is -2.43. The van der Waals surface area contributed by atoms with Crippen LogP contribution in [0.3, 0.4) is 0 Å². The van der Waals surface area contributed by atoms with E-state index in [-0.39, 0.29) is 5.56 Å². The standard InChI is InChI=1S/C31H30N10O/c1-20-28(21(2)41(38-20)25-9-12-32-13-10-25)26-18-22-19-35-31(37-29(22)40(30(26)42)27-4-3-11-34-27)36-23-5-7-24(8-6-23)39-16-14-33-15-17-39/h3,5-13,18-19,33H,4,14-17H2,1-2H3,(H,35,36,37). The summed E-state index contributed by atoms with van der Waals surface area (Å²) in [5.74, 6) is 1.02. The molecule has 5 aromatic rings. The molecular weight excluding hydrogens is 528 g/mol. The van der Waals surface area contributed by atoms with Crippen LogP contribution in [0.1, 0.15) is 17.8 Å². The summed E-state index contributed by atoms with van der Waals surface area (Å²) in [6.07, 6.45) is 9.39. The number of allylic oxidation sites excluding steroid dienone is 1. The lowest BCUT2D eigenvalue weighted by molar-refractivity contribution is 0.589. The highest BCUT2D eigenvalue weighted by molar-refractivity contribution is 5.96. The lowest BCUT2D eigenvalue weighted by Gasteiger charge is -2.29. The maximum atomic E-state index is 14.2. The van der Waals surface area contributed by atoms with Gasteiger partial charge in [-0.05, 0) is 56.3 Å². The molecule has 0 atom stereocenters. The third-order valence-electron chi connectivity index (χ3n) is 7.70. The Hall–Kier alpha value is -5.16. The van der Waals surface area contributed by atoms with Crippen molar-refractivity contribution in [3.8, 4) is 16.8 Å². The van der Waals surface area contributed by atoms with Gasteiger partial charge in [-0.3, -0.25) is 9.78 Å². The number of pyridine rings is 2. The molecule has 210 valence electrons. The molecule has 0 spiro atoms. The van der Waals surface area contributed by atoms with Gasteiger partial charge in [-0.2, -0.15) is 10.1 Å². The highest BCUT2D eigenvalue weighted by Gasteiger charge is 2.23. The molecule has 0 aliphatic carbocycles. The molecule has 11 heteroatoms. The van der Waals surface area contributed by atoms with Gasteiger partial charge < -0.3 is 15.5 Å². The Morgan fingerprint density at radius 3 is 2.50 bits per heavy atom. The largest absolute Gasteiger partial charge is 0.369 e. The van der Waals surface area contributed by atoms with Gasteiger partial charge in [-0.25, -0.2) is 19.2 Å². The van der Waals surface area contributed by atoms with E-state index in [1.54, 1.807) is 29.4 Å². The average Bonchev–Trinajstić information content (AvgIpc) is 3.66. The number of anilines is 3. The highest BCUT2D eigenvalue weighted by atomic mass is 16.1. The number of piperazine rings is 1. The van der Waals surface area contributed by atoms with Crippen LogP contribution in [-0.2, 0) is 0 Å². The predicted octanol–water partition coefficient (Wildman–Crippen LogP) is 3.97. The molecule has 4 aromatic heterocycles. The SMILES string of the molecule is Cc1nn(-c2ccncc2)c(C)c1-c1cc2cnc(Nc3ccc(N4CCNCC4)cc3)nc2n(C2=NC=CC2)c1=O. The Kier molecular flexibility index (Phi) is 6.55. The molecule has 6 heterocycles. The van der Waals surface area contributed by atoms with Crippen molar-refractivity contribution in [2.24, 2.45) is 4.99 Å². The second-order valence-electron chi connectivity index (χ2n) is 10.4. The van der Waals surface area contributed by atoms with Crippen LogP contribution in [0.2, 0.25) is 0 Å². The minimum Gasteiger partial charge on any atom is -0.369 e. The average molecular weight is 559 g/mol. The van der Waals surface area contributed by atoms with Crippen LogP contribution in [0.25, 0.3) is 27.8 Å². The van der Waals surface area contributed by atoms with E-state index in [4.69, 9.17) is 10.1 Å². The molecule has 0 unspecified atom stereocenters. The second-order valence-corrected chi connectivity index (χ2v) is 10.4. The fourth-order valence-corrected chi connectivity index (χ4v) is 5.65. The zero-order valence-corrected chi connectivity index (χ0v) is 23.4. The fraction of sp³-hybridized carbons (Fsp3) is 0.226. The third-order valence-corrected chi connectivity index (χ3v) is 7.70. The molecule has 11 nitrogen and oxygen atoms in total. The smallest absolute Gasteiger partial charge is 0.265 e. The van der Waals surface area contributed by atoms with Crippen molar-refractivity contribution in [1.29, 1.82) is 0 Å². The molecule has 1 aromatic carbocycles. The van der Waals surface area contributed by atoms with Crippen LogP contribution in [0.5, 0.6) is 0 Å². The van der Waals surface area contributed by atoms with E-state index in [0.717, 1.165) is 59.9 Å². The molecule has 2 aliphatic rings. The number of aromatic nitrogens is 6. The first-order chi connectivity index (χ1) is 20.6. The Morgan fingerprint density at radius 2 is 1.76 bits per heavy atom. The molecule has 0 amide bonds. The van der Waals surface area contributed by atoms with Gasteiger partial charge in [-0.15, -0.1) is 0 Å². The predicted molar refractivity (Wildman–Crippen MR) is 165 cm³/mol. The molecule has 7 rings (SSSR count). The quantitative estimate of drug-likeness (QED) is 0.333. The summed E-state index contributed by atoms with van der Waals surface area (Å²) in [6, 6.07) is 13.9. The van der Waals surface area contributed by atoms with E-state index in [9.17, 15) is 4.79 Å². The molecule has 0 radical (unpaired) electrons. The number of benzene rings is 1. The summed E-state index contributed by atoms with van der Waals surface area (Å²) < 4.78 is 3.44. The first kappa shape index (κ1) is 25.8. The van der Waals surface area contributed by atoms with Gasteiger partial charge in [0.2, 0.25) is 5.95 Å². The number of fused-ring (bicyclic) bond motifs is 1. The molecule has 1 fully saturated rings. The van der Waals surface area contributed by atoms with Crippen molar-refractivity contribution in [1.82, 2.24) is 34.6 Å². The van der Waals surface area contributed by atoms with Crippen LogP contribution in [0.15, 0.2) is 83.1 Å². The number of rotatable bonds is 5. The Bertz CT molecular complexity index is 1900. The number of hydrogen-bond acceptors (Lipinski definition) is 9. The van der Waals surface area contributed by atoms with E-state index in [1.807, 2.05) is 54.9 Å². The zero-order valence-electron chi connectivity index (χ0n) is 23.4. The van der Waals surface area contributed by atoms with Crippen LogP contribution < -0.4 is 21.1 Å². The summed E-state index contributed by atoms with van der Waals surface area (Å²) >= 11 is 0. The number of nitrogens with zero attached hydrogens (tertiary/aromatic N) is 8. The van der Waals surface area contributed by atoms with E-state index in [1.165, 1.54) is 5.69 Å². The van der Waals surface area contributed by atoms with Crippen molar-refractivity contribution >= 4 is 34.2 Å². The topological polar surface area (TPSA) is 118 Å².